The molecule has 0 radical (unpaired) electrons. The summed E-state index contributed by atoms with van der Waals surface area (Å²) in [7, 11) is -1.20. The molecule has 0 amide bonds. The number of hydrogen-bond acceptors (Lipinski definition) is 5. The molecule has 1 fully saturated rings. The summed E-state index contributed by atoms with van der Waals surface area (Å²) in [5, 5.41) is 14.2. The van der Waals surface area contributed by atoms with E-state index >= 15 is 0 Å². The lowest BCUT2D eigenvalue weighted by molar-refractivity contribution is -0.385. The number of pyridine rings is 1. The van der Waals surface area contributed by atoms with E-state index in [0.717, 1.165) is 25.6 Å². The molecule has 1 aromatic rings. The summed E-state index contributed by atoms with van der Waals surface area (Å²) in [6, 6.07) is 3.07. The van der Waals surface area contributed by atoms with Crippen molar-refractivity contribution in [2.45, 2.75) is 30.3 Å². The number of nitro groups is 1. The Labute approximate surface area is 107 Å². The van der Waals surface area contributed by atoms with Gasteiger partial charge in [-0.3, -0.25) is 14.3 Å². The monoisotopic (exact) mass is 269 g/mol. The minimum atomic E-state index is -1.20. The van der Waals surface area contributed by atoms with Crippen molar-refractivity contribution in [2.24, 2.45) is 0 Å². The molecule has 1 N–H and O–H groups in total. The SMILES string of the molecule is O=[N+]([O-])c1ccc([S@](=O)C[C@@H]2CCCCN2)nc1. The van der Waals surface area contributed by atoms with Gasteiger partial charge in [-0.15, -0.1) is 0 Å². The lowest BCUT2D eigenvalue weighted by Gasteiger charge is -2.22. The van der Waals surface area contributed by atoms with Crippen molar-refractivity contribution >= 4 is 16.5 Å². The third-order valence-corrected chi connectivity index (χ3v) is 4.34. The number of nitrogens with one attached hydrogen (secondary N) is 1. The fraction of sp³-hybridized carbons (Fsp3) is 0.545. The van der Waals surface area contributed by atoms with Crippen LogP contribution in [0.15, 0.2) is 23.4 Å². The first-order chi connectivity index (χ1) is 8.66. The Bertz CT molecular complexity index is 443. The van der Waals surface area contributed by atoms with Crippen molar-refractivity contribution in [3.8, 4) is 0 Å². The predicted octanol–water partition coefficient (Wildman–Crippen LogP) is 1.24. The Morgan fingerprint density at radius 3 is 2.89 bits per heavy atom. The minimum absolute atomic E-state index is 0.0773. The summed E-state index contributed by atoms with van der Waals surface area (Å²) in [6.07, 6.45) is 4.50. The topological polar surface area (TPSA) is 85.1 Å². The van der Waals surface area contributed by atoms with Crippen molar-refractivity contribution in [3.05, 3.63) is 28.4 Å². The van der Waals surface area contributed by atoms with Crippen LogP contribution in [0.5, 0.6) is 0 Å². The molecule has 1 aliphatic rings. The Morgan fingerprint density at radius 1 is 1.50 bits per heavy atom. The summed E-state index contributed by atoms with van der Waals surface area (Å²) in [6.45, 7) is 0.968. The molecule has 1 aromatic heterocycles. The summed E-state index contributed by atoms with van der Waals surface area (Å²) in [4.78, 5) is 13.9. The molecule has 0 aromatic carbocycles. The normalized spacial score (nSPS) is 21.4. The van der Waals surface area contributed by atoms with Crippen molar-refractivity contribution in [1.82, 2.24) is 10.3 Å². The maximum absolute atomic E-state index is 12.0. The maximum Gasteiger partial charge on any atom is 0.287 e. The summed E-state index contributed by atoms with van der Waals surface area (Å²) in [5.74, 6) is 0.519. The van der Waals surface area contributed by atoms with E-state index in [1.54, 1.807) is 0 Å². The average molecular weight is 269 g/mol. The molecule has 2 atom stereocenters. The Hall–Kier alpha value is -1.34. The fourth-order valence-corrected chi connectivity index (χ4v) is 3.16. The molecule has 0 spiro atoms. The van der Waals surface area contributed by atoms with E-state index in [-0.39, 0.29) is 11.7 Å². The molecule has 6 nitrogen and oxygen atoms in total. The quantitative estimate of drug-likeness (QED) is 0.656. The minimum Gasteiger partial charge on any atom is -0.313 e. The molecule has 98 valence electrons. The van der Waals surface area contributed by atoms with E-state index in [9.17, 15) is 14.3 Å². The van der Waals surface area contributed by atoms with Crippen LogP contribution < -0.4 is 5.32 Å². The number of hydrogen-bond donors (Lipinski definition) is 1. The van der Waals surface area contributed by atoms with Crippen LogP contribution in [0.1, 0.15) is 19.3 Å². The average Bonchev–Trinajstić information content (AvgIpc) is 2.40. The van der Waals surface area contributed by atoms with Crippen molar-refractivity contribution < 1.29 is 9.13 Å². The Kier molecular flexibility index (Phi) is 4.38. The number of piperidine rings is 1. The van der Waals surface area contributed by atoms with Crippen LogP contribution in [0.4, 0.5) is 5.69 Å². The molecule has 0 bridgehead atoms. The second kappa shape index (κ2) is 6.01. The van der Waals surface area contributed by atoms with E-state index in [4.69, 9.17) is 0 Å². The molecule has 1 aliphatic heterocycles. The summed E-state index contributed by atoms with van der Waals surface area (Å²) in [5.41, 5.74) is -0.0773. The van der Waals surface area contributed by atoms with Gasteiger partial charge >= 0.3 is 0 Å². The van der Waals surface area contributed by atoms with Gasteiger partial charge in [0.1, 0.15) is 11.2 Å². The zero-order chi connectivity index (χ0) is 13.0. The molecule has 18 heavy (non-hydrogen) atoms. The highest BCUT2D eigenvalue weighted by Gasteiger charge is 2.17. The third kappa shape index (κ3) is 3.33. The highest BCUT2D eigenvalue weighted by atomic mass is 32.2. The van der Waals surface area contributed by atoms with Gasteiger partial charge < -0.3 is 5.32 Å². The van der Waals surface area contributed by atoms with Gasteiger partial charge in [0, 0.05) is 17.9 Å². The zero-order valence-electron chi connectivity index (χ0n) is 9.87. The second-order valence-electron chi connectivity index (χ2n) is 4.27. The molecule has 0 saturated carbocycles. The first-order valence-corrected chi connectivity index (χ1v) is 7.21. The van der Waals surface area contributed by atoms with Gasteiger partial charge in [0.15, 0.2) is 0 Å². The second-order valence-corrected chi connectivity index (χ2v) is 5.71. The van der Waals surface area contributed by atoms with Crippen LogP contribution in [0.25, 0.3) is 0 Å². The third-order valence-electron chi connectivity index (χ3n) is 2.93. The predicted molar refractivity (Wildman–Crippen MR) is 67.8 cm³/mol. The smallest absolute Gasteiger partial charge is 0.287 e. The van der Waals surface area contributed by atoms with Gasteiger partial charge in [-0.1, -0.05) is 6.42 Å². The van der Waals surface area contributed by atoms with Crippen LogP contribution in [0.2, 0.25) is 0 Å². The molecule has 2 heterocycles. The Morgan fingerprint density at radius 2 is 2.33 bits per heavy atom. The number of rotatable bonds is 4. The van der Waals surface area contributed by atoms with Crippen LogP contribution in [0.3, 0.4) is 0 Å². The molecule has 7 heteroatoms. The van der Waals surface area contributed by atoms with Crippen molar-refractivity contribution in [2.75, 3.05) is 12.3 Å². The van der Waals surface area contributed by atoms with Crippen molar-refractivity contribution in [1.29, 1.82) is 0 Å². The molecular weight excluding hydrogens is 254 g/mol. The maximum atomic E-state index is 12.0. The highest BCUT2D eigenvalue weighted by Crippen LogP contribution is 2.14. The van der Waals surface area contributed by atoms with E-state index in [1.807, 2.05) is 0 Å². The van der Waals surface area contributed by atoms with Crippen LogP contribution in [-0.2, 0) is 10.8 Å². The van der Waals surface area contributed by atoms with Crippen LogP contribution in [0, 0.1) is 10.1 Å². The van der Waals surface area contributed by atoms with E-state index in [1.165, 1.54) is 18.6 Å². The lowest BCUT2D eigenvalue weighted by Crippen LogP contribution is -2.38. The van der Waals surface area contributed by atoms with Crippen molar-refractivity contribution in [3.63, 3.8) is 0 Å². The number of nitrogens with zero attached hydrogens (tertiary/aromatic N) is 2. The highest BCUT2D eigenvalue weighted by molar-refractivity contribution is 7.85. The number of aromatic nitrogens is 1. The first kappa shape index (κ1) is 13.1. The first-order valence-electron chi connectivity index (χ1n) is 5.89. The fourth-order valence-electron chi connectivity index (χ4n) is 1.95. The van der Waals surface area contributed by atoms with Crippen LogP contribution >= 0.6 is 0 Å². The van der Waals surface area contributed by atoms with Gasteiger partial charge in [0.25, 0.3) is 5.69 Å². The van der Waals surface area contributed by atoms with E-state index in [2.05, 4.69) is 10.3 Å². The van der Waals surface area contributed by atoms with Gasteiger partial charge in [-0.25, -0.2) is 4.98 Å². The standard InChI is InChI=1S/C11H15N3O3S/c15-14(16)10-4-5-11(13-7-10)18(17)8-9-3-1-2-6-12-9/h4-5,7,9,12H,1-3,6,8H2/t9-,18+/m0/s1. The molecule has 0 aliphatic carbocycles. The Balaban J connectivity index is 1.97. The van der Waals surface area contributed by atoms with Gasteiger partial charge in [-0.05, 0) is 25.5 Å². The van der Waals surface area contributed by atoms with Gasteiger partial charge in [0.05, 0.1) is 15.7 Å². The summed E-state index contributed by atoms with van der Waals surface area (Å²) < 4.78 is 12.0. The molecule has 2 rings (SSSR count). The van der Waals surface area contributed by atoms with Gasteiger partial charge in [-0.2, -0.15) is 0 Å². The van der Waals surface area contributed by atoms with E-state index < -0.39 is 15.7 Å². The molecule has 1 saturated heterocycles. The lowest BCUT2D eigenvalue weighted by atomic mass is 10.1. The van der Waals surface area contributed by atoms with Crippen LogP contribution in [-0.4, -0.2) is 32.5 Å². The largest absolute Gasteiger partial charge is 0.313 e. The molecule has 0 unspecified atom stereocenters. The van der Waals surface area contributed by atoms with E-state index in [0.29, 0.717) is 10.8 Å². The zero-order valence-corrected chi connectivity index (χ0v) is 10.7. The summed E-state index contributed by atoms with van der Waals surface area (Å²) >= 11 is 0. The molecular formula is C11H15N3O3S. The van der Waals surface area contributed by atoms with Gasteiger partial charge in [0.2, 0.25) is 0 Å².